The first-order valence-electron chi connectivity index (χ1n) is 12.5. The first-order chi connectivity index (χ1) is 18.0. The zero-order chi connectivity index (χ0) is 25.6. The Bertz CT molecular complexity index is 1230. The lowest BCUT2D eigenvalue weighted by Crippen LogP contribution is -2.46. The molecule has 0 aliphatic carbocycles. The molecule has 0 radical (unpaired) electrons. The molecule has 0 bridgehead atoms. The molecule has 2 aliphatic rings. The number of carbonyl (C=O) groups is 2. The number of ether oxygens (including phenoxy) is 3. The maximum absolute atomic E-state index is 13.7. The van der Waals surface area contributed by atoms with Crippen LogP contribution in [-0.4, -0.2) is 54.3 Å². The summed E-state index contributed by atoms with van der Waals surface area (Å²) in [6, 6.07) is 17.0. The van der Waals surface area contributed by atoms with E-state index in [0.717, 1.165) is 28.8 Å². The fourth-order valence-electron chi connectivity index (χ4n) is 4.52. The third kappa shape index (κ3) is 6.61. The van der Waals surface area contributed by atoms with Crippen molar-refractivity contribution in [2.75, 3.05) is 31.8 Å². The van der Waals surface area contributed by atoms with Gasteiger partial charge in [0.05, 0.1) is 12.6 Å². The largest absolute Gasteiger partial charge is 0.454 e. The van der Waals surface area contributed by atoms with Crippen LogP contribution in [0.25, 0.3) is 0 Å². The van der Waals surface area contributed by atoms with Crippen molar-refractivity contribution >= 4 is 29.0 Å². The van der Waals surface area contributed by atoms with E-state index in [2.05, 4.69) is 5.32 Å². The van der Waals surface area contributed by atoms with Crippen LogP contribution in [0.3, 0.4) is 0 Å². The number of hydrogen-bond acceptors (Lipinski definition) is 6. The highest BCUT2D eigenvalue weighted by Gasteiger charge is 2.27. The van der Waals surface area contributed by atoms with Crippen molar-refractivity contribution in [3.05, 3.63) is 76.0 Å². The smallest absolute Gasteiger partial charge is 0.322 e. The number of amides is 3. The van der Waals surface area contributed by atoms with Crippen LogP contribution in [-0.2, 0) is 22.6 Å². The zero-order valence-corrected chi connectivity index (χ0v) is 21.7. The van der Waals surface area contributed by atoms with Gasteiger partial charge in [-0.3, -0.25) is 4.79 Å². The SMILES string of the molecule is Cc1cccc(NC(=O)N(CC(=O)N(Cc2ccc3c(c2)OCO3)Cc2cccs2)CC2CCCO2)c1. The molecule has 2 aliphatic heterocycles. The number of rotatable bonds is 9. The minimum absolute atomic E-state index is 0.0482. The van der Waals surface area contributed by atoms with Gasteiger partial charge in [-0.2, -0.15) is 0 Å². The summed E-state index contributed by atoms with van der Waals surface area (Å²) in [6.45, 7) is 4.01. The summed E-state index contributed by atoms with van der Waals surface area (Å²) in [5, 5.41) is 4.95. The van der Waals surface area contributed by atoms with Gasteiger partial charge in [-0.05, 0) is 66.6 Å². The maximum atomic E-state index is 13.7. The molecule has 1 aromatic heterocycles. The number of aryl methyl sites for hydroxylation is 1. The normalized spacial score (nSPS) is 16.0. The Morgan fingerprint density at radius 2 is 1.92 bits per heavy atom. The Morgan fingerprint density at radius 1 is 1.03 bits per heavy atom. The van der Waals surface area contributed by atoms with Crippen molar-refractivity contribution in [3.8, 4) is 11.5 Å². The number of carbonyl (C=O) groups excluding carboxylic acids is 2. The molecule has 1 unspecified atom stereocenters. The third-order valence-electron chi connectivity index (χ3n) is 6.42. The summed E-state index contributed by atoms with van der Waals surface area (Å²) >= 11 is 1.60. The minimum atomic E-state index is -0.311. The van der Waals surface area contributed by atoms with E-state index < -0.39 is 0 Å². The van der Waals surface area contributed by atoms with Crippen molar-refractivity contribution in [1.82, 2.24) is 9.80 Å². The predicted octanol–water partition coefficient (Wildman–Crippen LogP) is 5.03. The number of nitrogens with zero attached hydrogens (tertiary/aromatic N) is 2. The van der Waals surface area contributed by atoms with Crippen LogP contribution in [0.4, 0.5) is 10.5 Å². The molecule has 3 amide bonds. The van der Waals surface area contributed by atoms with Crippen LogP contribution in [0.5, 0.6) is 11.5 Å². The molecule has 1 saturated heterocycles. The molecule has 2 aromatic carbocycles. The van der Waals surface area contributed by atoms with Crippen molar-refractivity contribution < 1.29 is 23.8 Å². The Labute approximate surface area is 220 Å². The van der Waals surface area contributed by atoms with Crippen LogP contribution >= 0.6 is 11.3 Å². The fraction of sp³-hybridized carbons (Fsp3) is 0.357. The lowest BCUT2D eigenvalue weighted by Gasteiger charge is -2.29. The van der Waals surface area contributed by atoms with Gasteiger partial charge < -0.3 is 29.3 Å². The van der Waals surface area contributed by atoms with E-state index >= 15 is 0 Å². The summed E-state index contributed by atoms with van der Waals surface area (Å²) in [7, 11) is 0. The number of nitrogens with one attached hydrogen (secondary N) is 1. The number of hydrogen-bond donors (Lipinski definition) is 1. The number of anilines is 1. The van der Waals surface area contributed by atoms with E-state index in [0.29, 0.717) is 43.4 Å². The van der Waals surface area contributed by atoms with E-state index in [4.69, 9.17) is 14.2 Å². The molecule has 37 heavy (non-hydrogen) atoms. The zero-order valence-electron chi connectivity index (χ0n) is 20.9. The quantitative estimate of drug-likeness (QED) is 0.427. The minimum Gasteiger partial charge on any atom is -0.454 e. The number of fused-ring (bicyclic) bond motifs is 1. The summed E-state index contributed by atoms with van der Waals surface area (Å²) in [5.41, 5.74) is 2.68. The van der Waals surface area contributed by atoms with Crippen molar-refractivity contribution in [1.29, 1.82) is 0 Å². The topological polar surface area (TPSA) is 80.3 Å². The highest BCUT2D eigenvalue weighted by atomic mass is 32.1. The van der Waals surface area contributed by atoms with Crippen LogP contribution in [0.2, 0.25) is 0 Å². The number of benzene rings is 2. The van der Waals surface area contributed by atoms with Crippen LogP contribution in [0.1, 0.15) is 28.8 Å². The lowest BCUT2D eigenvalue weighted by molar-refractivity contribution is -0.133. The molecule has 3 heterocycles. The summed E-state index contributed by atoms with van der Waals surface area (Å²) < 4.78 is 16.7. The highest BCUT2D eigenvalue weighted by Crippen LogP contribution is 2.33. The van der Waals surface area contributed by atoms with Gasteiger partial charge in [-0.15, -0.1) is 11.3 Å². The Hall–Kier alpha value is -3.56. The van der Waals surface area contributed by atoms with Crippen LogP contribution in [0.15, 0.2) is 60.0 Å². The Kier molecular flexibility index (Phi) is 7.91. The average molecular weight is 522 g/mol. The van der Waals surface area contributed by atoms with Crippen LogP contribution < -0.4 is 14.8 Å². The van der Waals surface area contributed by atoms with E-state index in [-0.39, 0.29) is 31.4 Å². The van der Waals surface area contributed by atoms with Gasteiger partial charge in [-0.1, -0.05) is 24.3 Å². The fourth-order valence-corrected chi connectivity index (χ4v) is 5.24. The predicted molar refractivity (Wildman–Crippen MR) is 142 cm³/mol. The van der Waals surface area contributed by atoms with Crippen molar-refractivity contribution in [2.24, 2.45) is 0 Å². The van der Waals surface area contributed by atoms with Gasteiger partial charge in [0.25, 0.3) is 0 Å². The molecule has 1 atom stereocenters. The van der Waals surface area contributed by atoms with Crippen LogP contribution in [0, 0.1) is 6.92 Å². The Balaban J connectivity index is 1.33. The standard InChI is InChI=1S/C28H31N3O5S/c1-20-5-2-6-22(13-20)29-28(33)31(16-23-7-3-11-34-23)18-27(32)30(17-24-8-4-12-37-24)15-21-9-10-25-26(14-21)36-19-35-25/h2,4-6,8-10,12-14,23H,3,7,11,15-19H2,1H3,(H,29,33). The second-order valence-corrected chi connectivity index (χ2v) is 10.4. The van der Waals surface area contributed by atoms with E-state index in [1.54, 1.807) is 21.1 Å². The molecule has 0 saturated carbocycles. The molecule has 0 spiro atoms. The first-order valence-corrected chi connectivity index (χ1v) is 13.3. The Morgan fingerprint density at radius 3 is 2.70 bits per heavy atom. The molecule has 9 heteroatoms. The number of thiophene rings is 1. The molecule has 194 valence electrons. The molecule has 8 nitrogen and oxygen atoms in total. The molecule has 5 rings (SSSR count). The monoisotopic (exact) mass is 521 g/mol. The second kappa shape index (κ2) is 11.7. The molecular weight excluding hydrogens is 490 g/mol. The molecule has 1 N–H and O–H groups in total. The maximum Gasteiger partial charge on any atom is 0.322 e. The van der Waals surface area contributed by atoms with Gasteiger partial charge in [0, 0.05) is 30.3 Å². The number of urea groups is 1. The second-order valence-electron chi connectivity index (χ2n) is 9.33. The summed E-state index contributed by atoms with van der Waals surface area (Å²) in [4.78, 5) is 31.5. The van der Waals surface area contributed by atoms with Gasteiger partial charge in [-0.25, -0.2) is 4.79 Å². The molecule has 1 fully saturated rings. The van der Waals surface area contributed by atoms with Gasteiger partial charge in [0.15, 0.2) is 11.5 Å². The molecule has 3 aromatic rings. The average Bonchev–Trinajstić information content (AvgIpc) is 3.66. The van der Waals surface area contributed by atoms with Crippen molar-refractivity contribution in [3.63, 3.8) is 0 Å². The van der Waals surface area contributed by atoms with Crippen molar-refractivity contribution in [2.45, 2.75) is 39.0 Å². The highest BCUT2D eigenvalue weighted by molar-refractivity contribution is 7.09. The van der Waals surface area contributed by atoms with E-state index in [9.17, 15) is 9.59 Å². The summed E-state index contributed by atoms with van der Waals surface area (Å²) in [5.74, 6) is 1.25. The molecular formula is C28H31N3O5S. The summed E-state index contributed by atoms with van der Waals surface area (Å²) in [6.07, 6.45) is 1.76. The third-order valence-corrected chi connectivity index (χ3v) is 7.28. The van der Waals surface area contributed by atoms with Gasteiger partial charge in [0.2, 0.25) is 12.7 Å². The van der Waals surface area contributed by atoms with Gasteiger partial charge in [0.1, 0.15) is 6.54 Å². The first kappa shape index (κ1) is 25.1. The van der Waals surface area contributed by atoms with E-state index in [1.165, 1.54) is 0 Å². The van der Waals surface area contributed by atoms with E-state index in [1.807, 2.05) is 66.9 Å². The lowest BCUT2D eigenvalue weighted by atomic mass is 10.1. The van der Waals surface area contributed by atoms with Gasteiger partial charge >= 0.3 is 6.03 Å².